The standard InChI is InChI=1S/C25H23ClN10O/c1-28-12-15-5-7-16(8-6-15)19-13-29-24(27)23(32-19)25(37)30-14-22-34-33-21-10-9-20(35-36(21)22)31-18-4-2-3-17(26)11-18/h2-11,13,28H,12,14H2,1H3,(H2,27,29)(H,30,37)(H,31,35). The summed E-state index contributed by atoms with van der Waals surface area (Å²) in [7, 11) is 1.89. The van der Waals surface area contributed by atoms with Crippen LogP contribution in [0.3, 0.4) is 0 Å². The highest BCUT2D eigenvalue weighted by Gasteiger charge is 2.16. The Balaban J connectivity index is 1.32. The molecule has 5 aromatic rings. The van der Waals surface area contributed by atoms with Crippen LogP contribution < -0.4 is 21.7 Å². The summed E-state index contributed by atoms with van der Waals surface area (Å²) in [5.74, 6) is 0.542. The maximum absolute atomic E-state index is 13.0. The topological polar surface area (TPSA) is 148 Å². The quantitative estimate of drug-likeness (QED) is 0.245. The molecule has 3 aromatic heterocycles. The minimum Gasteiger partial charge on any atom is -0.382 e. The van der Waals surface area contributed by atoms with Gasteiger partial charge in [0.05, 0.1) is 18.4 Å². The summed E-state index contributed by atoms with van der Waals surface area (Å²) in [6.07, 6.45) is 1.55. The Bertz CT molecular complexity index is 1570. The number of nitrogens with one attached hydrogen (secondary N) is 3. The molecule has 1 amide bonds. The molecule has 0 bridgehead atoms. The van der Waals surface area contributed by atoms with Crippen molar-refractivity contribution in [1.29, 1.82) is 0 Å². The van der Waals surface area contributed by atoms with Gasteiger partial charge in [0.1, 0.15) is 0 Å². The van der Waals surface area contributed by atoms with Crippen LogP contribution in [0, 0.1) is 0 Å². The number of amides is 1. The summed E-state index contributed by atoms with van der Waals surface area (Å²) < 4.78 is 1.55. The summed E-state index contributed by atoms with van der Waals surface area (Å²) in [6, 6.07) is 18.7. The lowest BCUT2D eigenvalue weighted by molar-refractivity contribution is 0.0945. The van der Waals surface area contributed by atoms with Gasteiger partial charge in [-0.2, -0.15) is 4.52 Å². The van der Waals surface area contributed by atoms with Crippen LogP contribution in [0.5, 0.6) is 0 Å². The maximum atomic E-state index is 13.0. The molecule has 0 unspecified atom stereocenters. The van der Waals surface area contributed by atoms with Crippen LogP contribution in [-0.4, -0.2) is 42.7 Å². The van der Waals surface area contributed by atoms with Crippen molar-refractivity contribution in [3.05, 3.63) is 89.0 Å². The molecule has 5 N–H and O–H groups in total. The Morgan fingerprint density at radius 2 is 1.89 bits per heavy atom. The van der Waals surface area contributed by atoms with Crippen molar-refractivity contribution >= 4 is 40.5 Å². The SMILES string of the molecule is CNCc1ccc(-c2cnc(N)c(C(=O)NCc3nnc4ccc(Nc5cccc(Cl)c5)nn34)n2)cc1. The Labute approximate surface area is 217 Å². The molecule has 0 atom stereocenters. The molecule has 3 heterocycles. The Morgan fingerprint density at radius 1 is 1.05 bits per heavy atom. The zero-order valence-electron chi connectivity index (χ0n) is 19.8. The first-order valence-corrected chi connectivity index (χ1v) is 11.8. The van der Waals surface area contributed by atoms with Crippen molar-refractivity contribution in [3.8, 4) is 11.3 Å². The molecule has 11 nitrogen and oxygen atoms in total. The molecule has 5 rings (SSSR count). The molecule has 0 saturated heterocycles. The van der Waals surface area contributed by atoms with E-state index in [-0.39, 0.29) is 18.1 Å². The van der Waals surface area contributed by atoms with Gasteiger partial charge in [-0.15, -0.1) is 15.3 Å². The number of rotatable bonds is 8. The smallest absolute Gasteiger partial charge is 0.274 e. The second kappa shape index (κ2) is 10.6. The molecule has 0 fully saturated rings. The van der Waals surface area contributed by atoms with E-state index in [1.54, 1.807) is 35.0 Å². The first-order valence-electron chi connectivity index (χ1n) is 11.4. The molecule has 186 valence electrons. The van der Waals surface area contributed by atoms with Crippen LogP contribution in [0.4, 0.5) is 17.3 Å². The first-order chi connectivity index (χ1) is 18.0. The number of nitrogens with zero attached hydrogens (tertiary/aromatic N) is 6. The second-order valence-corrected chi connectivity index (χ2v) is 8.58. The zero-order chi connectivity index (χ0) is 25.8. The maximum Gasteiger partial charge on any atom is 0.274 e. The number of hydrogen-bond donors (Lipinski definition) is 4. The molecule has 0 aliphatic carbocycles. The van der Waals surface area contributed by atoms with Crippen molar-refractivity contribution < 1.29 is 4.79 Å². The van der Waals surface area contributed by atoms with E-state index in [1.807, 2.05) is 43.4 Å². The van der Waals surface area contributed by atoms with Gasteiger partial charge in [-0.25, -0.2) is 9.97 Å². The molecule has 12 heteroatoms. The minimum absolute atomic E-state index is 0.0295. The van der Waals surface area contributed by atoms with Crippen molar-refractivity contribution in [3.63, 3.8) is 0 Å². The number of aromatic nitrogens is 6. The molecular formula is C25H23ClN10O. The van der Waals surface area contributed by atoms with Gasteiger partial charge in [0.15, 0.2) is 28.8 Å². The number of nitrogen functional groups attached to an aromatic ring is 1. The van der Waals surface area contributed by atoms with Crippen LogP contribution in [-0.2, 0) is 13.1 Å². The third-order valence-corrected chi connectivity index (χ3v) is 5.71. The molecular weight excluding hydrogens is 492 g/mol. The summed E-state index contributed by atoms with van der Waals surface area (Å²) in [4.78, 5) is 21.6. The van der Waals surface area contributed by atoms with Gasteiger partial charge in [0.2, 0.25) is 0 Å². The number of carbonyl (C=O) groups is 1. The van der Waals surface area contributed by atoms with Gasteiger partial charge in [0, 0.05) is 22.8 Å². The normalized spacial score (nSPS) is 11.0. The van der Waals surface area contributed by atoms with E-state index in [0.717, 1.165) is 23.4 Å². The predicted molar refractivity (Wildman–Crippen MR) is 141 cm³/mol. The highest BCUT2D eigenvalue weighted by molar-refractivity contribution is 6.30. The average molecular weight is 515 g/mol. The number of nitrogens with two attached hydrogens (primary N) is 1. The monoisotopic (exact) mass is 514 g/mol. The summed E-state index contributed by atoms with van der Waals surface area (Å²) >= 11 is 6.06. The molecule has 0 aliphatic heterocycles. The fourth-order valence-corrected chi connectivity index (χ4v) is 3.86. The highest BCUT2D eigenvalue weighted by Crippen LogP contribution is 2.20. The molecule has 37 heavy (non-hydrogen) atoms. The number of hydrogen-bond acceptors (Lipinski definition) is 9. The van der Waals surface area contributed by atoms with E-state index in [1.165, 1.54) is 0 Å². The van der Waals surface area contributed by atoms with Gasteiger partial charge in [0.25, 0.3) is 5.91 Å². The number of fused-ring (bicyclic) bond motifs is 1. The van der Waals surface area contributed by atoms with E-state index in [4.69, 9.17) is 17.3 Å². The lowest BCUT2D eigenvalue weighted by Crippen LogP contribution is -2.26. The van der Waals surface area contributed by atoms with Gasteiger partial charge in [-0.05, 0) is 42.9 Å². The average Bonchev–Trinajstić information content (AvgIpc) is 3.30. The Hall–Kier alpha value is -4.61. The number of benzene rings is 2. The molecule has 0 saturated carbocycles. The molecule has 0 spiro atoms. The number of halogens is 1. The van der Waals surface area contributed by atoms with Crippen molar-refractivity contribution in [2.45, 2.75) is 13.1 Å². The van der Waals surface area contributed by atoms with Crippen LogP contribution in [0.15, 0.2) is 66.9 Å². The largest absolute Gasteiger partial charge is 0.382 e. The van der Waals surface area contributed by atoms with E-state index in [9.17, 15) is 4.79 Å². The van der Waals surface area contributed by atoms with Gasteiger partial charge >= 0.3 is 0 Å². The minimum atomic E-state index is -0.483. The van der Waals surface area contributed by atoms with Gasteiger partial charge in [-0.1, -0.05) is 41.9 Å². The van der Waals surface area contributed by atoms with Crippen LogP contribution >= 0.6 is 11.6 Å². The Morgan fingerprint density at radius 3 is 2.68 bits per heavy atom. The third kappa shape index (κ3) is 5.47. The van der Waals surface area contributed by atoms with Crippen LogP contribution in [0.1, 0.15) is 21.9 Å². The summed E-state index contributed by atoms with van der Waals surface area (Å²) in [6.45, 7) is 0.809. The van der Waals surface area contributed by atoms with Crippen molar-refractivity contribution in [1.82, 2.24) is 40.4 Å². The van der Waals surface area contributed by atoms with Gasteiger partial charge < -0.3 is 21.7 Å². The lowest BCUT2D eigenvalue weighted by Gasteiger charge is -2.09. The first kappa shape index (κ1) is 24.1. The zero-order valence-corrected chi connectivity index (χ0v) is 20.6. The van der Waals surface area contributed by atoms with E-state index < -0.39 is 5.91 Å². The van der Waals surface area contributed by atoms with Crippen LogP contribution in [0.2, 0.25) is 5.02 Å². The fourth-order valence-electron chi connectivity index (χ4n) is 3.67. The summed E-state index contributed by atoms with van der Waals surface area (Å²) in [5.41, 5.74) is 9.82. The van der Waals surface area contributed by atoms with E-state index >= 15 is 0 Å². The van der Waals surface area contributed by atoms with Crippen LogP contribution in [0.25, 0.3) is 16.9 Å². The Kier molecular flexibility index (Phi) is 6.88. The summed E-state index contributed by atoms with van der Waals surface area (Å²) in [5, 5.41) is 22.5. The predicted octanol–water partition coefficient (Wildman–Crippen LogP) is 3.21. The second-order valence-electron chi connectivity index (χ2n) is 8.14. The molecule has 0 aliphatic rings. The third-order valence-electron chi connectivity index (χ3n) is 5.48. The van der Waals surface area contributed by atoms with Crippen molar-refractivity contribution in [2.24, 2.45) is 0 Å². The lowest BCUT2D eigenvalue weighted by atomic mass is 10.1. The number of carbonyl (C=O) groups excluding carboxylic acids is 1. The molecule has 2 aromatic carbocycles. The number of anilines is 3. The van der Waals surface area contributed by atoms with E-state index in [2.05, 4.69) is 41.2 Å². The van der Waals surface area contributed by atoms with Gasteiger partial charge in [-0.3, -0.25) is 4.79 Å². The van der Waals surface area contributed by atoms with Crippen molar-refractivity contribution in [2.75, 3.05) is 18.1 Å². The van der Waals surface area contributed by atoms with E-state index in [0.29, 0.717) is 28.0 Å². The highest BCUT2D eigenvalue weighted by atomic mass is 35.5. The molecule has 0 radical (unpaired) electrons. The fraction of sp³-hybridized carbons (Fsp3) is 0.120.